The Morgan fingerprint density at radius 3 is 2.07 bits per heavy atom. The van der Waals surface area contributed by atoms with E-state index in [-0.39, 0.29) is 23.7 Å². The molecule has 0 spiro atoms. The largest absolute Gasteiger partial charge is 0.493 e. The quantitative estimate of drug-likeness (QED) is 0.777. The van der Waals surface area contributed by atoms with Crippen molar-refractivity contribution < 1.29 is 28.5 Å². The Morgan fingerprint density at radius 1 is 0.828 bits per heavy atom. The van der Waals surface area contributed by atoms with Crippen LogP contribution in [0.2, 0.25) is 0 Å². The maximum absolute atomic E-state index is 12.5. The minimum Gasteiger partial charge on any atom is -0.493 e. The number of methoxy groups -OCH3 is 2. The number of benzene rings is 2. The second kappa shape index (κ2) is 7.90. The lowest BCUT2D eigenvalue weighted by Crippen LogP contribution is -2.21. The van der Waals surface area contributed by atoms with E-state index in [4.69, 9.17) is 18.9 Å². The molecule has 2 N–H and O–H groups in total. The number of hydrogen-bond donors (Lipinski definition) is 2. The van der Waals surface area contributed by atoms with E-state index < -0.39 is 0 Å². The number of hydrogen-bond acceptors (Lipinski definition) is 6. The first-order chi connectivity index (χ1) is 14.1. The Balaban J connectivity index is 1.34. The van der Waals surface area contributed by atoms with Gasteiger partial charge in [0.2, 0.25) is 11.8 Å². The predicted molar refractivity (Wildman–Crippen MR) is 106 cm³/mol. The Labute approximate surface area is 168 Å². The van der Waals surface area contributed by atoms with Gasteiger partial charge in [0, 0.05) is 23.5 Å². The van der Waals surface area contributed by atoms with Gasteiger partial charge < -0.3 is 29.6 Å². The van der Waals surface area contributed by atoms with E-state index in [0.717, 1.165) is 0 Å². The summed E-state index contributed by atoms with van der Waals surface area (Å²) in [6.45, 7) is 0.989. The van der Waals surface area contributed by atoms with Gasteiger partial charge in [-0.1, -0.05) is 0 Å². The van der Waals surface area contributed by atoms with Crippen LogP contribution in [0.15, 0.2) is 36.4 Å². The third kappa shape index (κ3) is 4.06. The molecular weight excluding hydrogens is 376 g/mol. The maximum Gasteiger partial charge on any atom is 0.228 e. The fourth-order valence-corrected chi connectivity index (χ4v) is 3.28. The summed E-state index contributed by atoms with van der Waals surface area (Å²) in [7, 11) is 3.08. The summed E-state index contributed by atoms with van der Waals surface area (Å²) in [5.41, 5.74) is 1.20. The van der Waals surface area contributed by atoms with E-state index >= 15 is 0 Å². The molecule has 152 valence electrons. The molecule has 0 saturated heterocycles. The molecule has 2 aromatic rings. The van der Waals surface area contributed by atoms with Crippen molar-refractivity contribution >= 4 is 23.2 Å². The average Bonchev–Trinajstić information content (AvgIpc) is 3.55. The number of carbonyl (C=O) groups excluding carboxylic acids is 2. The molecule has 2 aliphatic rings. The molecule has 1 heterocycles. The van der Waals surface area contributed by atoms with E-state index in [2.05, 4.69) is 10.6 Å². The highest BCUT2D eigenvalue weighted by Crippen LogP contribution is 2.41. The molecule has 0 radical (unpaired) electrons. The number of fused-ring (bicyclic) bond motifs is 1. The van der Waals surface area contributed by atoms with Gasteiger partial charge in [0.05, 0.1) is 26.1 Å². The van der Waals surface area contributed by atoms with Gasteiger partial charge in [0.25, 0.3) is 0 Å². The zero-order chi connectivity index (χ0) is 20.4. The van der Waals surface area contributed by atoms with E-state index in [1.165, 1.54) is 7.11 Å². The van der Waals surface area contributed by atoms with Crippen LogP contribution in [0.3, 0.4) is 0 Å². The first kappa shape index (κ1) is 18.9. The summed E-state index contributed by atoms with van der Waals surface area (Å²) in [6.07, 6.45) is 0.509. The molecule has 0 aromatic heterocycles. The molecule has 1 saturated carbocycles. The standard InChI is InChI=1S/C21H22N2O6/c1-26-16-5-3-12(9-18(16)27-2)22-20(24)14-11-15(14)21(25)23-13-4-6-17-19(10-13)29-8-7-28-17/h3-6,9-10,14-15H,7-8,11H2,1-2H3,(H,22,24)(H,23,25). The summed E-state index contributed by atoms with van der Waals surface area (Å²) >= 11 is 0. The SMILES string of the molecule is COc1ccc(NC(=O)C2CC2C(=O)Nc2ccc3c(c2)OCCO3)cc1OC. The lowest BCUT2D eigenvalue weighted by atomic mass is 10.2. The molecule has 1 aliphatic carbocycles. The van der Waals surface area contributed by atoms with Crippen LogP contribution in [-0.4, -0.2) is 39.2 Å². The Morgan fingerprint density at radius 2 is 1.41 bits per heavy atom. The molecule has 2 amide bonds. The third-order valence-electron chi connectivity index (χ3n) is 4.92. The van der Waals surface area contributed by atoms with E-state index in [0.29, 0.717) is 54.0 Å². The Bertz CT molecular complexity index is 887. The van der Waals surface area contributed by atoms with Crippen LogP contribution < -0.4 is 29.6 Å². The smallest absolute Gasteiger partial charge is 0.228 e. The van der Waals surface area contributed by atoms with Crippen LogP contribution in [0.25, 0.3) is 0 Å². The number of ether oxygens (including phenoxy) is 4. The fourth-order valence-electron chi connectivity index (χ4n) is 3.28. The second-order valence-electron chi connectivity index (χ2n) is 6.86. The van der Waals surface area contributed by atoms with Crippen LogP contribution in [0.1, 0.15) is 6.42 Å². The van der Waals surface area contributed by atoms with Crippen LogP contribution in [0, 0.1) is 11.8 Å². The molecule has 1 aliphatic heterocycles. The lowest BCUT2D eigenvalue weighted by Gasteiger charge is -2.19. The van der Waals surface area contributed by atoms with Crippen molar-refractivity contribution in [3.63, 3.8) is 0 Å². The van der Waals surface area contributed by atoms with Crippen molar-refractivity contribution in [1.29, 1.82) is 0 Å². The summed E-state index contributed by atoms with van der Waals surface area (Å²) < 4.78 is 21.4. The predicted octanol–water partition coefficient (Wildman–Crippen LogP) is 2.69. The van der Waals surface area contributed by atoms with Crippen molar-refractivity contribution in [2.24, 2.45) is 11.8 Å². The van der Waals surface area contributed by atoms with Crippen molar-refractivity contribution in [3.8, 4) is 23.0 Å². The monoisotopic (exact) mass is 398 g/mol. The molecule has 2 aromatic carbocycles. The summed E-state index contributed by atoms with van der Waals surface area (Å²) in [4.78, 5) is 25.0. The van der Waals surface area contributed by atoms with Crippen molar-refractivity contribution in [2.75, 3.05) is 38.1 Å². The van der Waals surface area contributed by atoms with Crippen LogP contribution in [-0.2, 0) is 9.59 Å². The average molecular weight is 398 g/mol. The molecule has 2 atom stereocenters. The minimum absolute atomic E-state index is 0.186. The number of rotatable bonds is 6. The Hall–Kier alpha value is -3.42. The van der Waals surface area contributed by atoms with Crippen molar-refractivity contribution in [1.82, 2.24) is 0 Å². The zero-order valence-electron chi connectivity index (χ0n) is 16.2. The third-order valence-corrected chi connectivity index (χ3v) is 4.92. The van der Waals surface area contributed by atoms with Gasteiger partial charge in [-0.15, -0.1) is 0 Å². The van der Waals surface area contributed by atoms with Crippen molar-refractivity contribution in [2.45, 2.75) is 6.42 Å². The maximum atomic E-state index is 12.5. The molecule has 2 unspecified atom stereocenters. The van der Waals surface area contributed by atoms with E-state index in [9.17, 15) is 9.59 Å². The molecule has 0 bridgehead atoms. The lowest BCUT2D eigenvalue weighted by molar-refractivity contribution is -0.122. The Kier molecular flexibility index (Phi) is 5.16. The second-order valence-corrected chi connectivity index (χ2v) is 6.86. The van der Waals surface area contributed by atoms with Gasteiger partial charge in [-0.3, -0.25) is 9.59 Å². The number of amides is 2. The van der Waals surface area contributed by atoms with Gasteiger partial charge in [-0.2, -0.15) is 0 Å². The first-order valence-electron chi connectivity index (χ1n) is 9.32. The molecular formula is C21H22N2O6. The number of anilines is 2. The topological polar surface area (TPSA) is 95.1 Å². The molecule has 8 nitrogen and oxygen atoms in total. The fraction of sp³-hybridized carbons (Fsp3) is 0.333. The van der Waals surface area contributed by atoms with Gasteiger partial charge >= 0.3 is 0 Å². The van der Waals surface area contributed by atoms with Crippen molar-refractivity contribution in [3.05, 3.63) is 36.4 Å². The molecule has 29 heavy (non-hydrogen) atoms. The highest BCUT2D eigenvalue weighted by molar-refractivity contribution is 6.03. The van der Waals surface area contributed by atoms with E-state index in [1.807, 2.05) is 0 Å². The van der Waals surface area contributed by atoms with Gasteiger partial charge in [-0.05, 0) is 30.7 Å². The zero-order valence-corrected chi connectivity index (χ0v) is 16.2. The molecule has 4 rings (SSSR count). The number of carbonyl (C=O) groups is 2. The van der Waals surface area contributed by atoms with Crippen LogP contribution in [0.5, 0.6) is 23.0 Å². The first-order valence-corrected chi connectivity index (χ1v) is 9.32. The molecule has 1 fully saturated rings. The summed E-state index contributed by atoms with van der Waals surface area (Å²) in [5, 5.41) is 5.67. The minimum atomic E-state index is -0.361. The normalized spacial score (nSPS) is 19.1. The van der Waals surface area contributed by atoms with Gasteiger partial charge in [0.15, 0.2) is 23.0 Å². The summed E-state index contributed by atoms with van der Waals surface area (Å²) in [6, 6.07) is 10.4. The molecule has 8 heteroatoms. The number of nitrogens with one attached hydrogen (secondary N) is 2. The van der Waals surface area contributed by atoms with Gasteiger partial charge in [0.1, 0.15) is 13.2 Å². The van der Waals surface area contributed by atoms with Crippen LogP contribution >= 0.6 is 0 Å². The highest BCUT2D eigenvalue weighted by Gasteiger charge is 2.48. The van der Waals surface area contributed by atoms with Gasteiger partial charge in [-0.25, -0.2) is 0 Å². The van der Waals surface area contributed by atoms with Crippen LogP contribution in [0.4, 0.5) is 11.4 Å². The van der Waals surface area contributed by atoms with E-state index in [1.54, 1.807) is 43.5 Å². The summed E-state index contributed by atoms with van der Waals surface area (Å²) in [5.74, 6) is 1.26. The highest BCUT2D eigenvalue weighted by atomic mass is 16.6.